The van der Waals surface area contributed by atoms with Gasteiger partial charge >= 0.3 is 0 Å². The molecule has 0 aromatic heterocycles. The van der Waals surface area contributed by atoms with E-state index >= 15 is 0 Å². The predicted molar refractivity (Wildman–Crippen MR) is 70.0 cm³/mol. The fourth-order valence-electron chi connectivity index (χ4n) is 2.19. The fraction of sp³-hybridized carbons (Fsp3) is 0.500. The Morgan fingerprint density at radius 1 is 1.24 bits per heavy atom. The van der Waals surface area contributed by atoms with Gasteiger partial charge in [-0.3, -0.25) is 0 Å². The maximum Gasteiger partial charge on any atom is 0.158 e. The molecule has 1 N–H and O–H groups in total. The third-order valence-corrected chi connectivity index (χ3v) is 6.25. The molecule has 1 aliphatic rings. The van der Waals surface area contributed by atoms with Crippen molar-refractivity contribution in [3.05, 3.63) is 34.9 Å². The van der Waals surface area contributed by atoms with E-state index in [1.807, 2.05) is 12.1 Å². The molecule has 0 saturated carbocycles. The summed E-state index contributed by atoms with van der Waals surface area (Å²) in [5.41, 5.74) is 0.970. The van der Waals surface area contributed by atoms with Gasteiger partial charge in [0, 0.05) is 17.6 Å². The van der Waals surface area contributed by atoms with E-state index in [2.05, 4.69) is 5.32 Å². The number of hydrogen-bond donors (Lipinski definition) is 1. The summed E-state index contributed by atoms with van der Waals surface area (Å²) in [5.74, 6) is 0. The Morgan fingerprint density at radius 2 is 1.82 bits per heavy atom. The average molecular weight is 274 g/mol. The van der Waals surface area contributed by atoms with Crippen LogP contribution in [0.1, 0.15) is 25.5 Å². The van der Waals surface area contributed by atoms with Crippen LogP contribution in [0.15, 0.2) is 24.3 Å². The van der Waals surface area contributed by atoms with Crippen LogP contribution >= 0.6 is 11.6 Å². The molecule has 0 radical (unpaired) electrons. The Bertz CT molecular complexity index is 498. The Balaban J connectivity index is 2.32. The number of halogens is 1. The summed E-state index contributed by atoms with van der Waals surface area (Å²) < 4.78 is 24.2. The van der Waals surface area contributed by atoms with E-state index in [4.69, 9.17) is 11.6 Å². The molecule has 17 heavy (non-hydrogen) atoms. The molecule has 3 unspecified atom stereocenters. The van der Waals surface area contributed by atoms with E-state index < -0.39 is 15.1 Å². The van der Waals surface area contributed by atoms with Crippen LogP contribution in [0, 0.1) is 0 Å². The smallest absolute Gasteiger partial charge is 0.158 e. The molecule has 1 fully saturated rings. The molecule has 2 rings (SSSR count). The Hall–Kier alpha value is -0.580. The molecule has 1 aromatic rings. The summed E-state index contributed by atoms with van der Waals surface area (Å²) in [6.45, 7) is 4.01. The van der Waals surface area contributed by atoms with E-state index in [1.165, 1.54) is 0 Å². The molecule has 5 heteroatoms. The van der Waals surface area contributed by atoms with Crippen LogP contribution in [0.5, 0.6) is 0 Å². The van der Waals surface area contributed by atoms with Crippen LogP contribution in [0.2, 0.25) is 5.02 Å². The first-order valence-corrected chi connectivity index (χ1v) is 7.63. The summed E-state index contributed by atoms with van der Waals surface area (Å²) in [7, 11) is -3.04. The maximum absolute atomic E-state index is 12.1. The summed E-state index contributed by atoms with van der Waals surface area (Å²) in [4.78, 5) is 0. The first-order chi connectivity index (χ1) is 7.93. The molecule has 94 valence electrons. The van der Waals surface area contributed by atoms with E-state index in [-0.39, 0.29) is 11.3 Å². The molecule has 3 nitrogen and oxygen atoms in total. The van der Waals surface area contributed by atoms with Crippen LogP contribution in [-0.2, 0) is 9.84 Å². The highest BCUT2D eigenvalue weighted by Gasteiger charge is 2.38. The maximum atomic E-state index is 12.1. The lowest BCUT2D eigenvalue weighted by atomic mass is 10.0. The molecular formula is C12H16ClNO2S. The first kappa shape index (κ1) is 12.9. The van der Waals surface area contributed by atoms with Gasteiger partial charge in [-0.15, -0.1) is 0 Å². The number of hydrogen-bond acceptors (Lipinski definition) is 3. The third-order valence-electron chi connectivity index (χ3n) is 3.40. The zero-order chi connectivity index (χ0) is 12.6. The molecule has 3 atom stereocenters. The minimum atomic E-state index is -3.04. The molecule has 1 heterocycles. The van der Waals surface area contributed by atoms with Crippen LogP contribution in [0.25, 0.3) is 0 Å². The van der Waals surface area contributed by atoms with Gasteiger partial charge in [0.2, 0.25) is 0 Å². The van der Waals surface area contributed by atoms with E-state index in [9.17, 15) is 8.42 Å². The van der Waals surface area contributed by atoms with Crippen molar-refractivity contribution in [2.24, 2.45) is 0 Å². The monoisotopic (exact) mass is 273 g/mol. The number of sulfone groups is 1. The van der Waals surface area contributed by atoms with Gasteiger partial charge in [0.25, 0.3) is 0 Å². The second-order valence-corrected chi connectivity index (χ2v) is 7.71. The van der Waals surface area contributed by atoms with Gasteiger partial charge in [-0.2, -0.15) is 0 Å². The molecular weight excluding hydrogens is 258 g/mol. The molecule has 0 aliphatic carbocycles. The number of rotatable bonds is 1. The third kappa shape index (κ3) is 2.34. The Morgan fingerprint density at radius 3 is 2.41 bits per heavy atom. The fourth-order valence-corrected chi connectivity index (χ4v) is 4.01. The molecule has 1 aliphatic heterocycles. The highest BCUT2D eigenvalue weighted by atomic mass is 35.5. The average Bonchev–Trinajstić information content (AvgIpc) is 2.29. The van der Waals surface area contributed by atoms with Crippen LogP contribution in [0.3, 0.4) is 0 Å². The highest BCUT2D eigenvalue weighted by molar-refractivity contribution is 7.92. The second-order valence-electron chi connectivity index (χ2n) is 4.54. The van der Waals surface area contributed by atoms with Crippen LogP contribution in [0.4, 0.5) is 0 Å². The SMILES string of the molecule is CC1CNC(c2ccc(Cl)cc2)C(C)S1(=O)=O. The predicted octanol–water partition coefficient (Wildman–Crippen LogP) is 2.18. The Labute approximate surface area is 107 Å². The van der Waals surface area contributed by atoms with E-state index in [1.54, 1.807) is 26.0 Å². The van der Waals surface area contributed by atoms with Crippen molar-refractivity contribution in [1.82, 2.24) is 5.32 Å². The van der Waals surface area contributed by atoms with Gasteiger partial charge in [0.05, 0.1) is 10.5 Å². The first-order valence-electron chi connectivity index (χ1n) is 5.64. The highest BCUT2D eigenvalue weighted by Crippen LogP contribution is 2.29. The lowest BCUT2D eigenvalue weighted by Gasteiger charge is -2.34. The molecule has 1 saturated heterocycles. The summed E-state index contributed by atoms with van der Waals surface area (Å²) in [6, 6.07) is 7.18. The molecule has 0 amide bonds. The summed E-state index contributed by atoms with van der Waals surface area (Å²) >= 11 is 5.83. The second kappa shape index (κ2) is 4.59. The zero-order valence-electron chi connectivity index (χ0n) is 9.85. The van der Waals surface area contributed by atoms with Crippen molar-refractivity contribution >= 4 is 21.4 Å². The van der Waals surface area contributed by atoms with Crippen molar-refractivity contribution in [1.29, 1.82) is 0 Å². The molecule has 0 spiro atoms. The minimum absolute atomic E-state index is 0.145. The normalized spacial score (nSPS) is 32.3. The van der Waals surface area contributed by atoms with Gasteiger partial charge in [-0.05, 0) is 31.5 Å². The van der Waals surface area contributed by atoms with E-state index in [0.29, 0.717) is 11.6 Å². The quantitative estimate of drug-likeness (QED) is 0.853. The van der Waals surface area contributed by atoms with Crippen molar-refractivity contribution in [2.45, 2.75) is 30.4 Å². The standard InChI is InChI=1S/C12H16ClNO2S/c1-8-7-14-12(9(2)17(8,15)16)10-3-5-11(13)6-4-10/h3-6,8-9,12,14H,7H2,1-2H3. The van der Waals surface area contributed by atoms with Gasteiger partial charge in [-0.1, -0.05) is 23.7 Å². The lowest BCUT2D eigenvalue weighted by Crippen LogP contribution is -2.49. The Kier molecular flexibility index (Phi) is 3.48. The summed E-state index contributed by atoms with van der Waals surface area (Å²) in [6.07, 6.45) is 0. The topological polar surface area (TPSA) is 46.2 Å². The largest absolute Gasteiger partial charge is 0.308 e. The van der Waals surface area contributed by atoms with Crippen molar-refractivity contribution < 1.29 is 8.42 Å². The van der Waals surface area contributed by atoms with Gasteiger partial charge in [0.15, 0.2) is 9.84 Å². The van der Waals surface area contributed by atoms with Crippen molar-refractivity contribution in [2.75, 3.05) is 6.54 Å². The zero-order valence-corrected chi connectivity index (χ0v) is 11.4. The van der Waals surface area contributed by atoms with Crippen LogP contribution in [-0.4, -0.2) is 25.5 Å². The van der Waals surface area contributed by atoms with Gasteiger partial charge in [0.1, 0.15) is 0 Å². The van der Waals surface area contributed by atoms with Crippen molar-refractivity contribution in [3.8, 4) is 0 Å². The number of benzene rings is 1. The summed E-state index contributed by atoms with van der Waals surface area (Å²) in [5, 5.41) is 3.22. The molecule has 0 bridgehead atoms. The molecule has 1 aromatic carbocycles. The minimum Gasteiger partial charge on any atom is -0.308 e. The lowest BCUT2D eigenvalue weighted by molar-refractivity contribution is 0.458. The van der Waals surface area contributed by atoms with Crippen LogP contribution < -0.4 is 5.32 Å². The van der Waals surface area contributed by atoms with Gasteiger partial charge in [-0.25, -0.2) is 8.42 Å². The van der Waals surface area contributed by atoms with Gasteiger partial charge < -0.3 is 5.32 Å². The number of nitrogens with one attached hydrogen (secondary N) is 1. The van der Waals surface area contributed by atoms with E-state index in [0.717, 1.165) is 5.56 Å². The van der Waals surface area contributed by atoms with Crippen molar-refractivity contribution in [3.63, 3.8) is 0 Å².